The van der Waals surface area contributed by atoms with E-state index in [9.17, 15) is 9.90 Å². The summed E-state index contributed by atoms with van der Waals surface area (Å²) in [6.45, 7) is 3.39. The lowest BCUT2D eigenvalue weighted by atomic mass is 9.96. The van der Waals surface area contributed by atoms with Gasteiger partial charge in [-0.3, -0.25) is 4.57 Å². The smallest absolute Gasteiger partial charge is 0.351 e. The molecule has 2 saturated heterocycles. The molecule has 0 radical (unpaired) electrons. The Morgan fingerprint density at radius 2 is 2.36 bits per heavy atom. The molecule has 0 spiro atoms. The van der Waals surface area contributed by atoms with Gasteiger partial charge in [0.05, 0.1) is 6.61 Å². The first-order valence-corrected chi connectivity index (χ1v) is 10.3. The predicted molar refractivity (Wildman–Crippen MR) is 86.9 cm³/mol. The highest BCUT2D eigenvalue weighted by Crippen LogP contribution is 2.49. The van der Waals surface area contributed by atoms with E-state index in [2.05, 4.69) is 24.6 Å². The number of aliphatic hydroxyl groups excluding tert-OH is 1. The number of aromatic nitrogens is 2. The number of ether oxygens (including phenoxy) is 2. The molecule has 3 heterocycles. The molecule has 3 rings (SSSR count). The van der Waals surface area contributed by atoms with Crippen molar-refractivity contribution in [1.82, 2.24) is 9.55 Å². The van der Waals surface area contributed by atoms with Crippen molar-refractivity contribution in [3.05, 3.63) is 22.7 Å². The summed E-state index contributed by atoms with van der Waals surface area (Å²) in [5.41, 5.74) is 4.24. The number of rotatable bonds is 4. The summed E-state index contributed by atoms with van der Waals surface area (Å²) in [7, 11) is 0. The SMILES string of the molecule is C=P(C)(C)CC[C@@]12CO[C@@H](C(n3ccc(N)nc3=O)O1)[C@@H]2O. The largest absolute Gasteiger partial charge is 0.387 e. The molecule has 4 atom stereocenters. The maximum Gasteiger partial charge on any atom is 0.351 e. The van der Waals surface area contributed by atoms with Crippen LogP contribution in [0.1, 0.15) is 12.6 Å². The molecule has 22 heavy (non-hydrogen) atoms. The molecule has 0 aromatic carbocycles. The minimum absolute atomic E-state index is 0.157. The van der Waals surface area contributed by atoms with Crippen molar-refractivity contribution in [2.75, 3.05) is 31.8 Å². The van der Waals surface area contributed by atoms with Crippen molar-refractivity contribution in [1.29, 1.82) is 0 Å². The van der Waals surface area contributed by atoms with Crippen LogP contribution in [0.3, 0.4) is 0 Å². The van der Waals surface area contributed by atoms with E-state index in [0.717, 1.165) is 6.16 Å². The molecule has 1 aromatic heterocycles. The molecule has 2 bridgehead atoms. The zero-order valence-corrected chi connectivity index (χ0v) is 13.7. The number of fused-ring (bicyclic) bond motifs is 2. The van der Waals surface area contributed by atoms with E-state index in [1.54, 1.807) is 0 Å². The van der Waals surface area contributed by atoms with Crippen molar-refractivity contribution in [3.63, 3.8) is 0 Å². The number of nitrogens with zero attached hydrogens (tertiary/aromatic N) is 2. The Hall–Kier alpha value is -1.14. The predicted octanol–water partition coefficient (Wildman–Crippen LogP) is -0.0479. The van der Waals surface area contributed by atoms with Crippen LogP contribution >= 0.6 is 6.89 Å². The minimum atomic E-state index is -1.23. The summed E-state index contributed by atoms with van der Waals surface area (Å²) < 4.78 is 13.1. The Labute approximate surface area is 129 Å². The first-order chi connectivity index (χ1) is 10.2. The van der Waals surface area contributed by atoms with Gasteiger partial charge >= 0.3 is 5.69 Å². The second kappa shape index (κ2) is 5.20. The van der Waals surface area contributed by atoms with Crippen molar-refractivity contribution in [2.24, 2.45) is 0 Å². The van der Waals surface area contributed by atoms with Crippen LogP contribution < -0.4 is 11.4 Å². The van der Waals surface area contributed by atoms with Gasteiger partial charge in [-0.15, -0.1) is 13.2 Å². The average molecular weight is 327 g/mol. The molecule has 0 amide bonds. The molecule has 2 fully saturated rings. The number of hydrogen-bond acceptors (Lipinski definition) is 6. The molecule has 122 valence electrons. The highest BCUT2D eigenvalue weighted by atomic mass is 31.2. The Morgan fingerprint density at radius 1 is 1.64 bits per heavy atom. The fourth-order valence-corrected chi connectivity index (χ4v) is 3.95. The van der Waals surface area contributed by atoms with Gasteiger partial charge in [0.2, 0.25) is 0 Å². The first-order valence-electron chi connectivity index (χ1n) is 7.21. The maximum absolute atomic E-state index is 12.0. The highest BCUT2D eigenvalue weighted by molar-refractivity contribution is 7.72. The van der Waals surface area contributed by atoms with Crippen LogP contribution in [-0.4, -0.2) is 64.9 Å². The van der Waals surface area contributed by atoms with Crippen molar-refractivity contribution >= 4 is 19.0 Å². The fourth-order valence-electron chi connectivity index (χ4n) is 2.97. The molecule has 1 aromatic rings. The third-order valence-corrected chi connectivity index (χ3v) is 5.71. The zero-order chi connectivity index (χ0) is 16.1. The lowest BCUT2D eigenvalue weighted by molar-refractivity contribution is -0.175. The van der Waals surface area contributed by atoms with Crippen LogP contribution in [0.4, 0.5) is 5.82 Å². The minimum Gasteiger partial charge on any atom is -0.387 e. The van der Waals surface area contributed by atoms with E-state index in [-0.39, 0.29) is 5.82 Å². The lowest BCUT2D eigenvalue weighted by Crippen LogP contribution is -2.42. The van der Waals surface area contributed by atoms with E-state index >= 15 is 0 Å². The van der Waals surface area contributed by atoms with E-state index in [0.29, 0.717) is 13.0 Å². The lowest BCUT2D eigenvalue weighted by Gasteiger charge is -2.32. The molecule has 8 heteroatoms. The van der Waals surface area contributed by atoms with Gasteiger partial charge in [-0.05, 0) is 32.0 Å². The number of hydrogen-bond donors (Lipinski definition) is 2. The van der Waals surface area contributed by atoms with Crippen LogP contribution in [0.5, 0.6) is 0 Å². The van der Waals surface area contributed by atoms with Crippen LogP contribution in [0.15, 0.2) is 17.1 Å². The topological polar surface area (TPSA) is 99.6 Å². The summed E-state index contributed by atoms with van der Waals surface area (Å²) in [6, 6.07) is 1.53. The maximum atomic E-state index is 12.0. The first kappa shape index (κ1) is 15.7. The van der Waals surface area contributed by atoms with Gasteiger partial charge in [-0.2, -0.15) is 4.98 Å². The highest BCUT2D eigenvalue weighted by Gasteiger charge is 2.61. The monoisotopic (exact) mass is 327 g/mol. The van der Waals surface area contributed by atoms with Gasteiger partial charge in [-0.25, -0.2) is 4.79 Å². The summed E-state index contributed by atoms with van der Waals surface area (Å²) >= 11 is 0. The van der Waals surface area contributed by atoms with Crippen molar-refractivity contribution in [3.8, 4) is 0 Å². The Morgan fingerprint density at radius 3 is 3.00 bits per heavy atom. The molecular weight excluding hydrogens is 305 g/mol. The quantitative estimate of drug-likeness (QED) is 0.752. The van der Waals surface area contributed by atoms with Crippen LogP contribution in [0, 0.1) is 0 Å². The molecule has 0 aliphatic carbocycles. The van der Waals surface area contributed by atoms with E-state index in [1.807, 2.05) is 0 Å². The second-order valence-corrected chi connectivity index (χ2v) is 11.1. The van der Waals surface area contributed by atoms with E-state index in [1.165, 1.54) is 16.8 Å². The van der Waals surface area contributed by atoms with Crippen LogP contribution in [-0.2, 0) is 9.47 Å². The molecule has 0 saturated carbocycles. The number of anilines is 1. The van der Waals surface area contributed by atoms with Gasteiger partial charge in [0.25, 0.3) is 0 Å². The molecule has 1 unspecified atom stereocenters. The molecule has 3 N–H and O–H groups in total. The second-order valence-electron chi connectivity index (χ2n) is 6.75. The van der Waals surface area contributed by atoms with E-state index < -0.39 is 36.6 Å². The molecule has 7 nitrogen and oxygen atoms in total. The van der Waals surface area contributed by atoms with Gasteiger partial charge in [0.15, 0.2) is 6.23 Å². The molecule has 2 aliphatic rings. The average Bonchev–Trinajstić information content (AvgIpc) is 2.87. The zero-order valence-electron chi connectivity index (χ0n) is 12.8. The van der Waals surface area contributed by atoms with Gasteiger partial charge in [-0.1, -0.05) is 0 Å². The third kappa shape index (κ3) is 2.63. The van der Waals surface area contributed by atoms with Gasteiger partial charge < -0.3 is 20.3 Å². The van der Waals surface area contributed by atoms with Crippen molar-refractivity contribution < 1.29 is 14.6 Å². The van der Waals surface area contributed by atoms with Crippen molar-refractivity contribution in [2.45, 2.75) is 30.5 Å². The standard InChI is InChI=1S/C14H22N3O4P/c1-22(2,3)7-5-14-8-20-10(11(14)18)12(21-14)17-6-4-9(15)16-13(17)19/h4,6,10-12,18H,1,5,7-8H2,2-3H3,(H2,15,16,19)/t10-,11+,12?,14+/m1/s1. The van der Waals surface area contributed by atoms with E-state index in [4.69, 9.17) is 15.2 Å². The van der Waals surface area contributed by atoms with Gasteiger partial charge in [0, 0.05) is 6.20 Å². The summed E-state index contributed by atoms with van der Waals surface area (Å²) in [6.07, 6.45) is 5.29. The van der Waals surface area contributed by atoms with Crippen LogP contribution in [0.2, 0.25) is 0 Å². The Kier molecular flexibility index (Phi) is 3.72. The Bertz CT molecular complexity index is 685. The summed E-state index contributed by atoms with van der Waals surface area (Å²) in [4.78, 5) is 15.7. The molecule has 2 aliphatic heterocycles. The number of aliphatic hydroxyl groups is 1. The van der Waals surface area contributed by atoms with Gasteiger partial charge in [0.1, 0.15) is 23.6 Å². The number of nitrogen functional groups attached to an aromatic ring is 1. The molecular formula is C14H22N3O4P. The number of nitrogens with two attached hydrogens (primary N) is 1. The fraction of sp³-hybridized carbons (Fsp3) is 0.643. The van der Waals surface area contributed by atoms with Crippen LogP contribution in [0.25, 0.3) is 0 Å². The summed E-state index contributed by atoms with van der Waals surface area (Å²) in [5.74, 6) is 0.157. The summed E-state index contributed by atoms with van der Waals surface area (Å²) in [5, 5.41) is 10.5. The normalized spacial score (nSPS) is 34.2. The Balaban J connectivity index is 1.86. The third-order valence-electron chi connectivity index (χ3n) is 4.27.